The summed E-state index contributed by atoms with van der Waals surface area (Å²) in [6.45, 7) is 7.46. The first-order valence-electron chi connectivity index (χ1n) is 26.8. The summed E-state index contributed by atoms with van der Waals surface area (Å²) < 4.78 is 17.3. The molecular formula is C59H100O5. The average molecular weight is 889 g/mol. The minimum atomic E-state index is -0.586. The maximum absolute atomic E-state index is 12.8. The summed E-state index contributed by atoms with van der Waals surface area (Å²) in [4.78, 5) is 25.4. The van der Waals surface area contributed by atoms with Crippen LogP contribution in [0, 0.1) is 0 Å². The molecule has 0 heterocycles. The average Bonchev–Trinajstić information content (AvgIpc) is 3.30. The Kier molecular flexibility index (Phi) is 51.5. The fourth-order valence-corrected chi connectivity index (χ4v) is 7.13. The Morgan fingerprint density at radius 3 is 1.17 bits per heavy atom. The molecule has 0 N–H and O–H groups in total. The van der Waals surface area contributed by atoms with Gasteiger partial charge in [-0.25, -0.2) is 0 Å². The highest BCUT2D eigenvalue weighted by molar-refractivity contribution is 5.70. The smallest absolute Gasteiger partial charge is 0.306 e. The Balaban J connectivity index is 4.37. The highest BCUT2D eigenvalue weighted by Gasteiger charge is 2.17. The Labute approximate surface area is 396 Å². The van der Waals surface area contributed by atoms with Crippen molar-refractivity contribution in [1.82, 2.24) is 0 Å². The summed E-state index contributed by atoms with van der Waals surface area (Å²) in [5.41, 5.74) is 0. The van der Waals surface area contributed by atoms with Crippen LogP contribution in [-0.4, -0.2) is 37.9 Å². The molecule has 1 atom stereocenters. The lowest BCUT2D eigenvalue weighted by Gasteiger charge is -2.18. The molecule has 0 aromatic rings. The predicted octanol–water partition coefficient (Wildman–Crippen LogP) is 18.2. The number of unbranched alkanes of at least 4 members (excludes halogenated alkanes) is 21. The minimum absolute atomic E-state index is 0.0460. The number of hydrogen-bond donors (Lipinski definition) is 0. The van der Waals surface area contributed by atoms with E-state index in [2.05, 4.69) is 118 Å². The number of hydrogen-bond acceptors (Lipinski definition) is 5. The zero-order valence-corrected chi connectivity index (χ0v) is 42.0. The van der Waals surface area contributed by atoms with Gasteiger partial charge in [0.15, 0.2) is 6.10 Å². The van der Waals surface area contributed by atoms with Gasteiger partial charge in [0.1, 0.15) is 6.61 Å². The van der Waals surface area contributed by atoms with Gasteiger partial charge in [0.2, 0.25) is 0 Å². The van der Waals surface area contributed by atoms with Crippen molar-refractivity contribution < 1.29 is 23.8 Å². The van der Waals surface area contributed by atoms with E-state index < -0.39 is 6.10 Å². The first-order chi connectivity index (χ1) is 31.6. The lowest BCUT2D eigenvalue weighted by Crippen LogP contribution is -2.30. The van der Waals surface area contributed by atoms with Crippen molar-refractivity contribution in [2.24, 2.45) is 0 Å². The van der Waals surface area contributed by atoms with Crippen LogP contribution in [0.15, 0.2) is 97.2 Å². The molecule has 0 aromatic heterocycles. The van der Waals surface area contributed by atoms with E-state index in [0.717, 1.165) is 89.9 Å². The molecule has 0 aliphatic rings. The van der Waals surface area contributed by atoms with Crippen LogP contribution in [0.2, 0.25) is 0 Å². The third-order valence-electron chi connectivity index (χ3n) is 11.1. The predicted molar refractivity (Wildman–Crippen MR) is 279 cm³/mol. The van der Waals surface area contributed by atoms with Gasteiger partial charge in [0, 0.05) is 12.8 Å². The van der Waals surface area contributed by atoms with Gasteiger partial charge in [0.25, 0.3) is 0 Å². The number of carbonyl (C=O) groups excluding carboxylic acids is 2. The van der Waals surface area contributed by atoms with Gasteiger partial charge in [-0.05, 0) is 109 Å². The first-order valence-corrected chi connectivity index (χ1v) is 26.8. The van der Waals surface area contributed by atoms with E-state index in [1.54, 1.807) is 0 Å². The number of ether oxygens (including phenoxy) is 3. The number of carbonyl (C=O) groups is 2. The van der Waals surface area contributed by atoms with Gasteiger partial charge in [-0.15, -0.1) is 0 Å². The normalized spacial score (nSPS) is 13.0. The zero-order valence-electron chi connectivity index (χ0n) is 42.0. The SMILES string of the molecule is CC/C=C\C/C=C\C/C=C\C/C=C\C/C=C\CCOCC(COC(=O)CCCCCCCCCCC/C=C\C/C=C\CCCCC)OC(=O)CCCCCCC/C=C\CCCCCC. The van der Waals surface area contributed by atoms with Gasteiger partial charge >= 0.3 is 11.9 Å². The molecule has 0 bridgehead atoms. The largest absolute Gasteiger partial charge is 0.462 e. The zero-order chi connectivity index (χ0) is 46.3. The van der Waals surface area contributed by atoms with Crippen molar-refractivity contribution >= 4 is 11.9 Å². The molecular weight excluding hydrogens is 789 g/mol. The number of esters is 2. The molecule has 5 heteroatoms. The Morgan fingerprint density at radius 2 is 0.703 bits per heavy atom. The molecule has 0 aliphatic heterocycles. The van der Waals surface area contributed by atoms with E-state index in [-0.39, 0.29) is 25.2 Å². The van der Waals surface area contributed by atoms with Crippen LogP contribution in [0.3, 0.4) is 0 Å². The molecule has 1 unspecified atom stereocenters. The van der Waals surface area contributed by atoms with E-state index in [0.29, 0.717) is 19.4 Å². The molecule has 64 heavy (non-hydrogen) atoms. The fraction of sp³-hybridized carbons (Fsp3) is 0.695. The summed E-state index contributed by atoms with van der Waals surface area (Å²) in [5, 5.41) is 0. The first kappa shape index (κ1) is 60.8. The summed E-state index contributed by atoms with van der Waals surface area (Å²) in [5.74, 6) is -0.454. The quantitative estimate of drug-likeness (QED) is 0.0346. The van der Waals surface area contributed by atoms with Crippen molar-refractivity contribution in [2.75, 3.05) is 19.8 Å². The van der Waals surface area contributed by atoms with Crippen LogP contribution in [0.1, 0.15) is 239 Å². The summed E-state index contributed by atoms with van der Waals surface area (Å²) in [6, 6.07) is 0. The van der Waals surface area contributed by atoms with Crippen molar-refractivity contribution in [3.8, 4) is 0 Å². The Morgan fingerprint density at radius 1 is 0.359 bits per heavy atom. The van der Waals surface area contributed by atoms with Gasteiger partial charge < -0.3 is 14.2 Å². The molecule has 0 saturated heterocycles. The second kappa shape index (κ2) is 54.2. The molecule has 0 saturated carbocycles. The molecule has 0 spiro atoms. The molecule has 0 aliphatic carbocycles. The van der Waals surface area contributed by atoms with E-state index in [1.165, 1.54) is 116 Å². The van der Waals surface area contributed by atoms with Crippen molar-refractivity contribution in [2.45, 2.75) is 245 Å². The molecule has 0 rings (SSSR count). The van der Waals surface area contributed by atoms with E-state index in [1.807, 2.05) is 0 Å². The monoisotopic (exact) mass is 889 g/mol. The third kappa shape index (κ3) is 51.5. The molecule has 0 aromatic carbocycles. The van der Waals surface area contributed by atoms with Crippen molar-refractivity contribution in [1.29, 1.82) is 0 Å². The topological polar surface area (TPSA) is 61.8 Å². The summed E-state index contributed by atoms with van der Waals surface area (Å²) in [7, 11) is 0. The van der Waals surface area contributed by atoms with Crippen LogP contribution < -0.4 is 0 Å². The van der Waals surface area contributed by atoms with Crippen LogP contribution >= 0.6 is 0 Å². The molecule has 0 amide bonds. The van der Waals surface area contributed by atoms with E-state index >= 15 is 0 Å². The van der Waals surface area contributed by atoms with E-state index in [4.69, 9.17) is 14.2 Å². The van der Waals surface area contributed by atoms with Gasteiger partial charge in [-0.3, -0.25) is 9.59 Å². The number of allylic oxidation sites excluding steroid dienone is 15. The molecule has 5 nitrogen and oxygen atoms in total. The Bertz CT molecular complexity index is 1230. The Hall–Kier alpha value is -3.18. The lowest BCUT2D eigenvalue weighted by atomic mass is 10.1. The molecule has 366 valence electrons. The van der Waals surface area contributed by atoms with Crippen LogP contribution in [0.4, 0.5) is 0 Å². The van der Waals surface area contributed by atoms with Crippen LogP contribution in [0.5, 0.6) is 0 Å². The second-order valence-corrected chi connectivity index (χ2v) is 17.4. The van der Waals surface area contributed by atoms with Gasteiger partial charge in [0.05, 0.1) is 13.2 Å². The molecule has 0 radical (unpaired) electrons. The van der Waals surface area contributed by atoms with Crippen molar-refractivity contribution in [3.63, 3.8) is 0 Å². The summed E-state index contributed by atoms with van der Waals surface area (Å²) >= 11 is 0. The van der Waals surface area contributed by atoms with Gasteiger partial charge in [-0.2, -0.15) is 0 Å². The summed E-state index contributed by atoms with van der Waals surface area (Å²) in [6.07, 6.45) is 72.9. The minimum Gasteiger partial charge on any atom is -0.462 e. The maximum atomic E-state index is 12.8. The molecule has 0 fully saturated rings. The highest BCUT2D eigenvalue weighted by Crippen LogP contribution is 2.14. The van der Waals surface area contributed by atoms with Gasteiger partial charge in [-0.1, -0.05) is 214 Å². The van der Waals surface area contributed by atoms with Crippen molar-refractivity contribution in [3.05, 3.63) is 97.2 Å². The van der Waals surface area contributed by atoms with Crippen LogP contribution in [-0.2, 0) is 23.8 Å². The van der Waals surface area contributed by atoms with E-state index in [9.17, 15) is 9.59 Å². The number of rotatable bonds is 48. The van der Waals surface area contributed by atoms with Crippen LogP contribution in [0.25, 0.3) is 0 Å². The standard InChI is InChI=1S/C59H100O5/c1-4-7-10-13-16-19-22-25-27-29-30-31-32-35-37-40-43-46-49-52-58(60)63-56-57(64-59(61)53-50-47-44-41-38-34-24-21-18-15-12-9-6-3)55-62-54-51-48-45-42-39-36-33-28-26-23-20-17-14-11-8-5-2/h8,11,16-17,19-21,24-28,36,39,45,48,57H,4-7,9-10,12-15,18,22-23,29-35,37-38,40-44,46-47,49-56H2,1-3H3/b11-8-,19-16-,20-17-,24-21-,27-25-,28-26-,39-36-,48-45-. The maximum Gasteiger partial charge on any atom is 0.306 e. The second-order valence-electron chi connectivity index (χ2n) is 17.4. The highest BCUT2D eigenvalue weighted by atomic mass is 16.6. The third-order valence-corrected chi connectivity index (χ3v) is 11.1. The fourth-order valence-electron chi connectivity index (χ4n) is 7.13. The lowest BCUT2D eigenvalue weighted by molar-refractivity contribution is -0.162.